The molecule has 0 aliphatic heterocycles. The minimum absolute atomic E-state index is 0.254. The van der Waals surface area contributed by atoms with Crippen molar-refractivity contribution in [3.8, 4) is 0 Å². The third kappa shape index (κ3) is 6.21. The summed E-state index contributed by atoms with van der Waals surface area (Å²) in [5.41, 5.74) is 6.69. The van der Waals surface area contributed by atoms with Crippen LogP contribution in [0.15, 0.2) is 17.5 Å². The van der Waals surface area contributed by atoms with Crippen molar-refractivity contribution in [2.75, 3.05) is 33.4 Å². The number of oxime groups is 1. The van der Waals surface area contributed by atoms with Gasteiger partial charge in [-0.25, -0.2) is 0 Å². The molecule has 1 rings (SSSR count). The molecule has 0 saturated carbocycles. The molecule has 0 aromatic carbocycles. The minimum Gasteiger partial charge on any atom is -0.409 e. The zero-order valence-corrected chi connectivity index (χ0v) is 11.6. The van der Waals surface area contributed by atoms with Crippen molar-refractivity contribution in [1.82, 2.24) is 14.7 Å². The third-order valence-corrected chi connectivity index (χ3v) is 2.90. The molecule has 19 heavy (non-hydrogen) atoms. The number of hydrogen-bond acceptors (Lipinski definition) is 5. The maximum Gasteiger partial charge on any atom is 0.140 e. The first-order chi connectivity index (χ1) is 9.15. The molecule has 1 heterocycles. The fraction of sp³-hybridized carbons (Fsp3) is 0.667. The molecule has 0 unspecified atom stereocenters. The molecular formula is C12H23N5O2. The van der Waals surface area contributed by atoms with Crippen LogP contribution in [-0.2, 0) is 18.2 Å². The summed E-state index contributed by atoms with van der Waals surface area (Å²) >= 11 is 0. The molecule has 0 saturated heterocycles. The third-order valence-electron chi connectivity index (χ3n) is 2.90. The molecule has 108 valence electrons. The number of ether oxygens (including phenoxy) is 1. The number of aromatic nitrogens is 2. The second-order valence-corrected chi connectivity index (χ2v) is 4.45. The Kier molecular flexibility index (Phi) is 6.91. The summed E-state index contributed by atoms with van der Waals surface area (Å²) in [6, 6.07) is 0. The van der Waals surface area contributed by atoms with E-state index in [1.54, 1.807) is 11.8 Å². The van der Waals surface area contributed by atoms with Crippen LogP contribution < -0.4 is 5.73 Å². The first-order valence-corrected chi connectivity index (χ1v) is 6.31. The maximum atomic E-state index is 8.54. The molecule has 7 heteroatoms. The number of aryl methyl sites for hydroxylation is 1. The number of methoxy groups -OCH3 is 1. The summed E-state index contributed by atoms with van der Waals surface area (Å²) < 4.78 is 6.89. The summed E-state index contributed by atoms with van der Waals surface area (Å²) in [4.78, 5) is 2.23. The van der Waals surface area contributed by atoms with Gasteiger partial charge >= 0.3 is 0 Å². The lowest BCUT2D eigenvalue weighted by molar-refractivity contribution is 0.150. The molecule has 0 amide bonds. The molecule has 0 aliphatic carbocycles. The predicted molar refractivity (Wildman–Crippen MR) is 73.3 cm³/mol. The van der Waals surface area contributed by atoms with Gasteiger partial charge in [-0.15, -0.1) is 0 Å². The SMILES string of the molecule is COCCN(CCC(N)=NO)CCc1cnn(C)c1. The summed E-state index contributed by atoms with van der Waals surface area (Å²) in [7, 11) is 3.59. The molecule has 0 radical (unpaired) electrons. The van der Waals surface area contributed by atoms with Crippen molar-refractivity contribution in [2.24, 2.45) is 17.9 Å². The van der Waals surface area contributed by atoms with E-state index in [9.17, 15) is 0 Å². The normalized spacial score (nSPS) is 12.3. The molecule has 0 aliphatic rings. The number of amidine groups is 1. The Morgan fingerprint density at radius 3 is 2.89 bits per heavy atom. The lowest BCUT2D eigenvalue weighted by Crippen LogP contribution is -2.32. The van der Waals surface area contributed by atoms with E-state index >= 15 is 0 Å². The van der Waals surface area contributed by atoms with E-state index in [2.05, 4.69) is 15.2 Å². The van der Waals surface area contributed by atoms with E-state index in [4.69, 9.17) is 15.7 Å². The van der Waals surface area contributed by atoms with Crippen molar-refractivity contribution in [1.29, 1.82) is 0 Å². The van der Waals surface area contributed by atoms with Crippen LogP contribution in [0.3, 0.4) is 0 Å². The molecule has 1 aromatic rings. The quantitative estimate of drug-likeness (QED) is 0.286. The van der Waals surface area contributed by atoms with Crippen molar-refractivity contribution in [2.45, 2.75) is 12.8 Å². The van der Waals surface area contributed by atoms with Gasteiger partial charge in [-0.3, -0.25) is 4.68 Å². The van der Waals surface area contributed by atoms with Gasteiger partial charge in [0.25, 0.3) is 0 Å². The van der Waals surface area contributed by atoms with Crippen molar-refractivity contribution >= 4 is 5.84 Å². The van der Waals surface area contributed by atoms with Crippen LogP contribution in [0.5, 0.6) is 0 Å². The lowest BCUT2D eigenvalue weighted by Gasteiger charge is -2.21. The zero-order valence-electron chi connectivity index (χ0n) is 11.6. The van der Waals surface area contributed by atoms with E-state index in [0.29, 0.717) is 13.0 Å². The number of nitrogens with two attached hydrogens (primary N) is 1. The molecular weight excluding hydrogens is 246 g/mol. The van der Waals surface area contributed by atoms with Crippen LogP contribution in [0, 0.1) is 0 Å². The Bertz CT molecular complexity index is 391. The molecule has 0 atom stereocenters. The highest BCUT2D eigenvalue weighted by Crippen LogP contribution is 2.01. The molecule has 0 bridgehead atoms. The smallest absolute Gasteiger partial charge is 0.140 e. The second-order valence-electron chi connectivity index (χ2n) is 4.45. The van der Waals surface area contributed by atoms with Crippen molar-refractivity contribution in [3.63, 3.8) is 0 Å². The Hall–Kier alpha value is -1.60. The van der Waals surface area contributed by atoms with E-state index in [1.165, 1.54) is 5.56 Å². The summed E-state index contributed by atoms with van der Waals surface area (Å²) in [6.07, 6.45) is 5.36. The average molecular weight is 269 g/mol. The van der Waals surface area contributed by atoms with Gasteiger partial charge in [0.2, 0.25) is 0 Å². The highest BCUT2D eigenvalue weighted by Gasteiger charge is 2.07. The fourth-order valence-corrected chi connectivity index (χ4v) is 1.77. The Morgan fingerprint density at radius 2 is 2.32 bits per heavy atom. The van der Waals surface area contributed by atoms with Crippen molar-refractivity contribution < 1.29 is 9.94 Å². The van der Waals surface area contributed by atoms with Crippen LogP contribution >= 0.6 is 0 Å². The van der Waals surface area contributed by atoms with E-state index in [-0.39, 0.29) is 5.84 Å². The van der Waals surface area contributed by atoms with Crippen LogP contribution in [0.2, 0.25) is 0 Å². The number of nitrogens with zero attached hydrogens (tertiary/aromatic N) is 4. The monoisotopic (exact) mass is 269 g/mol. The van der Waals surface area contributed by atoms with Crippen LogP contribution in [0.1, 0.15) is 12.0 Å². The van der Waals surface area contributed by atoms with Gasteiger partial charge in [0.15, 0.2) is 0 Å². The van der Waals surface area contributed by atoms with Gasteiger partial charge in [-0.1, -0.05) is 5.16 Å². The minimum atomic E-state index is 0.254. The first kappa shape index (κ1) is 15.5. The highest BCUT2D eigenvalue weighted by atomic mass is 16.5. The Morgan fingerprint density at radius 1 is 1.53 bits per heavy atom. The summed E-state index contributed by atoms with van der Waals surface area (Å²) in [5.74, 6) is 0.254. The van der Waals surface area contributed by atoms with Gasteiger partial charge in [0.05, 0.1) is 12.8 Å². The summed E-state index contributed by atoms with van der Waals surface area (Å²) in [6.45, 7) is 3.14. The first-order valence-electron chi connectivity index (χ1n) is 6.31. The van der Waals surface area contributed by atoms with Crippen LogP contribution in [0.25, 0.3) is 0 Å². The Labute approximate surface area is 113 Å². The fourth-order valence-electron chi connectivity index (χ4n) is 1.77. The highest BCUT2D eigenvalue weighted by molar-refractivity contribution is 5.79. The molecule has 0 spiro atoms. The van der Waals surface area contributed by atoms with E-state index in [0.717, 1.165) is 26.1 Å². The lowest BCUT2D eigenvalue weighted by atomic mass is 10.2. The Balaban J connectivity index is 2.39. The largest absolute Gasteiger partial charge is 0.409 e. The van der Waals surface area contributed by atoms with Gasteiger partial charge in [-0.05, 0) is 12.0 Å². The van der Waals surface area contributed by atoms with E-state index in [1.807, 2.05) is 19.4 Å². The number of hydrogen-bond donors (Lipinski definition) is 2. The standard InChI is InChI=1S/C12H23N5O2/c1-16-10-11(9-14-16)3-5-17(7-8-19-2)6-4-12(13)15-18/h9-10,18H,3-8H2,1-2H3,(H2,13,15). The molecule has 0 fully saturated rings. The zero-order chi connectivity index (χ0) is 14.1. The molecule has 3 N–H and O–H groups in total. The summed E-state index contributed by atoms with van der Waals surface area (Å²) in [5, 5.41) is 15.7. The van der Waals surface area contributed by atoms with Gasteiger partial charge in [0.1, 0.15) is 5.84 Å². The van der Waals surface area contributed by atoms with Gasteiger partial charge in [-0.2, -0.15) is 5.10 Å². The average Bonchev–Trinajstić information content (AvgIpc) is 2.83. The van der Waals surface area contributed by atoms with E-state index < -0.39 is 0 Å². The predicted octanol–water partition coefficient (Wildman–Crippen LogP) is 0.0475. The maximum absolute atomic E-state index is 8.54. The second kappa shape index (κ2) is 8.49. The molecule has 7 nitrogen and oxygen atoms in total. The van der Waals surface area contributed by atoms with Gasteiger partial charge in [0, 0.05) is 46.4 Å². The molecule has 1 aromatic heterocycles. The van der Waals surface area contributed by atoms with Crippen LogP contribution in [0.4, 0.5) is 0 Å². The van der Waals surface area contributed by atoms with Gasteiger partial charge < -0.3 is 20.6 Å². The van der Waals surface area contributed by atoms with Crippen LogP contribution in [-0.4, -0.2) is 59.1 Å². The topological polar surface area (TPSA) is 88.9 Å². The van der Waals surface area contributed by atoms with Crippen molar-refractivity contribution in [3.05, 3.63) is 18.0 Å². The number of rotatable bonds is 9.